The van der Waals surface area contributed by atoms with Crippen LogP contribution in [0.25, 0.3) is 0 Å². The van der Waals surface area contributed by atoms with Gasteiger partial charge in [-0.3, -0.25) is 4.79 Å². The number of nitrogens with zero attached hydrogens (tertiary/aromatic N) is 1. The fourth-order valence-electron chi connectivity index (χ4n) is 3.50. The molecular formula is C17H25N3O. The summed E-state index contributed by atoms with van der Waals surface area (Å²) in [6.07, 6.45) is 3.17. The third-order valence-electron chi connectivity index (χ3n) is 4.70. The van der Waals surface area contributed by atoms with Crippen LogP contribution in [0, 0.1) is 0 Å². The molecule has 4 heteroatoms. The van der Waals surface area contributed by atoms with E-state index in [-0.39, 0.29) is 11.8 Å². The van der Waals surface area contributed by atoms with Crippen molar-refractivity contribution < 1.29 is 4.79 Å². The fourth-order valence-corrected chi connectivity index (χ4v) is 3.50. The van der Waals surface area contributed by atoms with Crippen LogP contribution in [0.5, 0.6) is 0 Å². The first kappa shape index (κ1) is 14.4. The molecule has 114 valence electrons. The lowest BCUT2D eigenvalue weighted by Gasteiger charge is -2.34. The molecule has 0 aliphatic carbocycles. The SMILES string of the molecule is CCN1CCCC(NC(=O)C2CCNc3ccccc32)C1. The number of rotatable bonds is 3. The van der Waals surface area contributed by atoms with E-state index in [1.54, 1.807) is 0 Å². The van der Waals surface area contributed by atoms with Crippen molar-refractivity contribution in [1.82, 2.24) is 10.2 Å². The van der Waals surface area contributed by atoms with Crippen LogP contribution < -0.4 is 10.6 Å². The molecule has 21 heavy (non-hydrogen) atoms. The summed E-state index contributed by atoms with van der Waals surface area (Å²) in [5.74, 6) is 0.200. The Balaban J connectivity index is 1.66. The van der Waals surface area contributed by atoms with Gasteiger partial charge in [-0.05, 0) is 44.0 Å². The number of likely N-dealkylation sites (N-methyl/N-ethyl adjacent to an activating group) is 1. The van der Waals surface area contributed by atoms with Gasteiger partial charge in [0.2, 0.25) is 5.91 Å². The molecule has 1 aromatic carbocycles. The zero-order valence-electron chi connectivity index (χ0n) is 12.8. The van der Waals surface area contributed by atoms with E-state index < -0.39 is 0 Å². The molecule has 2 aliphatic rings. The number of nitrogens with one attached hydrogen (secondary N) is 2. The third kappa shape index (κ3) is 3.21. The molecule has 2 atom stereocenters. The number of amides is 1. The lowest BCUT2D eigenvalue weighted by molar-refractivity contribution is -0.123. The number of likely N-dealkylation sites (tertiary alicyclic amines) is 1. The second kappa shape index (κ2) is 6.48. The summed E-state index contributed by atoms with van der Waals surface area (Å²) in [6, 6.07) is 8.49. The molecule has 2 unspecified atom stereocenters. The number of carbonyl (C=O) groups is 1. The van der Waals surface area contributed by atoms with Crippen LogP contribution in [-0.4, -0.2) is 43.0 Å². The summed E-state index contributed by atoms with van der Waals surface area (Å²) in [4.78, 5) is 15.1. The number of fused-ring (bicyclic) bond motifs is 1. The maximum absolute atomic E-state index is 12.7. The second-order valence-corrected chi connectivity index (χ2v) is 6.10. The van der Waals surface area contributed by atoms with Gasteiger partial charge in [0.1, 0.15) is 0 Å². The molecular weight excluding hydrogens is 262 g/mol. The number of hydrogen-bond acceptors (Lipinski definition) is 3. The van der Waals surface area contributed by atoms with Crippen molar-refractivity contribution in [2.24, 2.45) is 0 Å². The van der Waals surface area contributed by atoms with Crippen LogP contribution in [0.15, 0.2) is 24.3 Å². The molecule has 0 bridgehead atoms. The normalized spacial score (nSPS) is 25.8. The Kier molecular flexibility index (Phi) is 4.44. The number of para-hydroxylation sites is 1. The van der Waals surface area contributed by atoms with Crippen molar-refractivity contribution in [3.05, 3.63) is 29.8 Å². The second-order valence-electron chi connectivity index (χ2n) is 6.10. The number of piperidine rings is 1. The predicted molar refractivity (Wildman–Crippen MR) is 85.6 cm³/mol. The van der Waals surface area contributed by atoms with Crippen LogP contribution in [0.2, 0.25) is 0 Å². The van der Waals surface area contributed by atoms with Crippen LogP contribution in [0.3, 0.4) is 0 Å². The quantitative estimate of drug-likeness (QED) is 0.895. The molecule has 0 saturated carbocycles. The highest BCUT2D eigenvalue weighted by molar-refractivity contribution is 5.86. The van der Waals surface area contributed by atoms with Gasteiger partial charge >= 0.3 is 0 Å². The van der Waals surface area contributed by atoms with Gasteiger partial charge in [-0.25, -0.2) is 0 Å². The summed E-state index contributed by atoms with van der Waals surface area (Å²) in [7, 11) is 0. The largest absolute Gasteiger partial charge is 0.385 e. The first-order chi connectivity index (χ1) is 10.3. The van der Waals surface area contributed by atoms with Crippen LogP contribution in [-0.2, 0) is 4.79 Å². The van der Waals surface area contributed by atoms with E-state index in [2.05, 4.69) is 34.6 Å². The average molecular weight is 287 g/mol. The number of anilines is 1. The average Bonchev–Trinajstić information content (AvgIpc) is 2.54. The Morgan fingerprint density at radius 1 is 1.38 bits per heavy atom. The van der Waals surface area contributed by atoms with Crippen molar-refractivity contribution >= 4 is 11.6 Å². The molecule has 2 N–H and O–H groups in total. The zero-order chi connectivity index (χ0) is 14.7. The van der Waals surface area contributed by atoms with Gasteiger partial charge in [-0.15, -0.1) is 0 Å². The fraction of sp³-hybridized carbons (Fsp3) is 0.588. The molecule has 2 aliphatic heterocycles. The van der Waals surface area contributed by atoms with Crippen molar-refractivity contribution in [1.29, 1.82) is 0 Å². The molecule has 3 rings (SSSR count). The Morgan fingerprint density at radius 2 is 2.24 bits per heavy atom. The van der Waals surface area contributed by atoms with Crippen LogP contribution in [0.1, 0.15) is 37.7 Å². The van der Waals surface area contributed by atoms with E-state index in [1.165, 1.54) is 13.0 Å². The lowest BCUT2D eigenvalue weighted by Crippen LogP contribution is -2.49. The minimum absolute atomic E-state index is 0.000506. The van der Waals surface area contributed by atoms with Gasteiger partial charge < -0.3 is 15.5 Å². The Labute approximate surface area is 126 Å². The molecule has 4 nitrogen and oxygen atoms in total. The maximum atomic E-state index is 12.7. The monoisotopic (exact) mass is 287 g/mol. The van der Waals surface area contributed by atoms with Crippen LogP contribution >= 0.6 is 0 Å². The maximum Gasteiger partial charge on any atom is 0.227 e. The minimum Gasteiger partial charge on any atom is -0.385 e. The van der Waals surface area contributed by atoms with Gasteiger partial charge in [0.25, 0.3) is 0 Å². The van der Waals surface area contributed by atoms with Gasteiger partial charge in [0.05, 0.1) is 5.92 Å². The first-order valence-corrected chi connectivity index (χ1v) is 8.13. The predicted octanol–water partition coefficient (Wildman–Crippen LogP) is 2.19. The molecule has 0 radical (unpaired) electrons. The van der Waals surface area contributed by atoms with Gasteiger partial charge in [0.15, 0.2) is 0 Å². The number of benzene rings is 1. The standard InChI is InChI=1S/C17H25N3O/c1-2-20-11-5-6-13(12-20)19-17(21)15-9-10-18-16-8-4-3-7-14(15)16/h3-4,7-8,13,15,18H,2,5-6,9-12H2,1H3,(H,19,21). The summed E-state index contributed by atoms with van der Waals surface area (Å²) in [5.41, 5.74) is 2.26. The lowest BCUT2D eigenvalue weighted by atomic mass is 9.90. The molecule has 1 amide bonds. The van der Waals surface area contributed by atoms with E-state index in [1.807, 2.05) is 12.1 Å². The van der Waals surface area contributed by atoms with Crippen LogP contribution in [0.4, 0.5) is 5.69 Å². The van der Waals surface area contributed by atoms with Gasteiger partial charge in [-0.1, -0.05) is 25.1 Å². The van der Waals surface area contributed by atoms with Crippen molar-refractivity contribution in [3.8, 4) is 0 Å². The highest BCUT2D eigenvalue weighted by Crippen LogP contribution is 2.31. The Morgan fingerprint density at radius 3 is 3.10 bits per heavy atom. The first-order valence-electron chi connectivity index (χ1n) is 8.13. The van der Waals surface area contributed by atoms with E-state index in [0.29, 0.717) is 6.04 Å². The van der Waals surface area contributed by atoms with Crippen molar-refractivity contribution in [3.63, 3.8) is 0 Å². The summed E-state index contributed by atoms with van der Waals surface area (Å²) in [6.45, 7) is 6.30. The third-order valence-corrected chi connectivity index (χ3v) is 4.70. The van der Waals surface area contributed by atoms with Crippen molar-refractivity contribution in [2.75, 3.05) is 31.5 Å². The van der Waals surface area contributed by atoms with E-state index in [4.69, 9.17) is 0 Å². The van der Waals surface area contributed by atoms with E-state index >= 15 is 0 Å². The van der Waals surface area contributed by atoms with E-state index in [9.17, 15) is 4.79 Å². The Bertz CT molecular complexity index is 503. The molecule has 1 aromatic rings. The zero-order valence-corrected chi connectivity index (χ0v) is 12.8. The molecule has 0 spiro atoms. The smallest absolute Gasteiger partial charge is 0.227 e. The van der Waals surface area contributed by atoms with Gasteiger partial charge in [-0.2, -0.15) is 0 Å². The summed E-state index contributed by atoms with van der Waals surface area (Å²) >= 11 is 0. The highest BCUT2D eigenvalue weighted by atomic mass is 16.2. The molecule has 2 heterocycles. The highest BCUT2D eigenvalue weighted by Gasteiger charge is 2.28. The topological polar surface area (TPSA) is 44.4 Å². The molecule has 1 fully saturated rings. The minimum atomic E-state index is -0.000506. The van der Waals surface area contributed by atoms with Gasteiger partial charge in [0, 0.05) is 24.8 Å². The molecule has 1 saturated heterocycles. The number of hydrogen-bond donors (Lipinski definition) is 2. The summed E-state index contributed by atoms with van der Waals surface area (Å²) in [5, 5.41) is 6.66. The molecule has 0 aromatic heterocycles. The summed E-state index contributed by atoms with van der Waals surface area (Å²) < 4.78 is 0. The Hall–Kier alpha value is -1.55. The van der Waals surface area contributed by atoms with Crippen molar-refractivity contribution in [2.45, 2.75) is 38.1 Å². The number of carbonyl (C=O) groups excluding carboxylic acids is 1. The van der Waals surface area contributed by atoms with E-state index in [0.717, 1.165) is 43.7 Å².